The molecule has 0 spiro atoms. The van der Waals surface area contributed by atoms with Gasteiger partial charge in [0.2, 0.25) is 5.91 Å². The summed E-state index contributed by atoms with van der Waals surface area (Å²) in [7, 11) is 1.87. The van der Waals surface area contributed by atoms with Gasteiger partial charge in [-0.25, -0.2) is 0 Å². The van der Waals surface area contributed by atoms with Crippen LogP contribution in [0.5, 0.6) is 0 Å². The second kappa shape index (κ2) is 6.95. The van der Waals surface area contributed by atoms with E-state index in [9.17, 15) is 4.79 Å². The lowest BCUT2D eigenvalue weighted by atomic mass is 9.86. The number of hydrogen-bond acceptors (Lipinski definition) is 1. The van der Waals surface area contributed by atoms with E-state index in [0.29, 0.717) is 18.9 Å². The number of nitrogens with zero attached hydrogens (tertiary/aromatic N) is 1. The van der Waals surface area contributed by atoms with Gasteiger partial charge in [0.05, 0.1) is 0 Å². The lowest BCUT2D eigenvalue weighted by molar-refractivity contribution is -0.131. The average Bonchev–Trinajstić information content (AvgIpc) is 2.42. The Morgan fingerprint density at radius 1 is 1.26 bits per heavy atom. The number of amides is 1. The zero-order chi connectivity index (χ0) is 13.7. The van der Waals surface area contributed by atoms with E-state index in [1.165, 1.54) is 32.1 Å². The van der Waals surface area contributed by atoms with Gasteiger partial charge in [-0.1, -0.05) is 49.1 Å². The molecule has 1 aliphatic carbocycles. The Balaban J connectivity index is 1.87. The van der Waals surface area contributed by atoms with Crippen LogP contribution in [-0.2, 0) is 11.3 Å². The Labute approximate surface area is 120 Å². The number of benzene rings is 1. The molecule has 3 heteroatoms. The smallest absolute Gasteiger partial charge is 0.222 e. The standard InChI is InChI=1S/C16H22ClNO/c1-18(12-14-9-5-6-10-15(14)17)16(19)11-13-7-3-2-4-8-13/h5-6,9-10,13H,2-4,7-8,11-12H2,1H3. The molecule has 1 fully saturated rings. The van der Waals surface area contributed by atoms with Gasteiger partial charge in [0.15, 0.2) is 0 Å². The van der Waals surface area contributed by atoms with Crippen molar-refractivity contribution in [1.82, 2.24) is 4.90 Å². The number of halogens is 1. The minimum atomic E-state index is 0.242. The molecule has 0 atom stereocenters. The van der Waals surface area contributed by atoms with Gasteiger partial charge in [-0.2, -0.15) is 0 Å². The van der Waals surface area contributed by atoms with Crippen molar-refractivity contribution in [1.29, 1.82) is 0 Å². The van der Waals surface area contributed by atoms with E-state index < -0.39 is 0 Å². The zero-order valence-corrected chi connectivity index (χ0v) is 12.3. The summed E-state index contributed by atoms with van der Waals surface area (Å²) < 4.78 is 0. The molecule has 0 bridgehead atoms. The molecule has 0 heterocycles. The molecule has 1 amide bonds. The predicted octanol–water partition coefficient (Wildman–Crippen LogP) is 4.27. The summed E-state index contributed by atoms with van der Waals surface area (Å²) in [5, 5.41) is 0.736. The Morgan fingerprint density at radius 2 is 1.95 bits per heavy atom. The van der Waals surface area contributed by atoms with Crippen molar-refractivity contribution in [2.24, 2.45) is 5.92 Å². The maximum absolute atomic E-state index is 12.2. The van der Waals surface area contributed by atoms with Crippen molar-refractivity contribution in [3.8, 4) is 0 Å². The van der Waals surface area contributed by atoms with E-state index in [2.05, 4.69) is 0 Å². The van der Waals surface area contributed by atoms with Gasteiger partial charge in [0.25, 0.3) is 0 Å². The summed E-state index contributed by atoms with van der Waals surface area (Å²) in [6, 6.07) is 7.72. The molecule has 1 aliphatic rings. The molecule has 19 heavy (non-hydrogen) atoms. The van der Waals surface area contributed by atoms with E-state index in [1.807, 2.05) is 31.3 Å². The maximum Gasteiger partial charge on any atom is 0.222 e. The molecule has 1 aromatic rings. The first-order valence-corrected chi connectivity index (χ1v) is 7.52. The van der Waals surface area contributed by atoms with Gasteiger partial charge in [-0.15, -0.1) is 0 Å². The molecule has 0 radical (unpaired) electrons. The fourth-order valence-corrected chi connectivity index (χ4v) is 2.96. The summed E-state index contributed by atoms with van der Waals surface area (Å²) in [4.78, 5) is 14.0. The Kier molecular flexibility index (Phi) is 5.26. The van der Waals surface area contributed by atoms with Crippen molar-refractivity contribution in [3.05, 3.63) is 34.9 Å². The van der Waals surface area contributed by atoms with E-state index in [1.54, 1.807) is 4.90 Å². The van der Waals surface area contributed by atoms with E-state index in [-0.39, 0.29) is 5.91 Å². The molecule has 0 unspecified atom stereocenters. The van der Waals surface area contributed by atoms with Crippen LogP contribution in [-0.4, -0.2) is 17.9 Å². The van der Waals surface area contributed by atoms with Gasteiger partial charge >= 0.3 is 0 Å². The van der Waals surface area contributed by atoms with E-state index in [0.717, 1.165) is 10.6 Å². The highest BCUT2D eigenvalue weighted by Gasteiger charge is 2.19. The van der Waals surface area contributed by atoms with Crippen LogP contribution in [0.25, 0.3) is 0 Å². The highest BCUT2D eigenvalue weighted by atomic mass is 35.5. The van der Waals surface area contributed by atoms with Gasteiger partial charge in [0, 0.05) is 25.0 Å². The highest BCUT2D eigenvalue weighted by Crippen LogP contribution is 2.27. The van der Waals surface area contributed by atoms with E-state index >= 15 is 0 Å². The minimum absolute atomic E-state index is 0.242. The number of carbonyl (C=O) groups is 1. The second-order valence-corrected chi connectivity index (χ2v) is 5.96. The topological polar surface area (TPSA) is 20.3 Å². The van der Waals surface area contributed by atoms with Gasteiger partial charge in [-0.05, 0) is 30.4 Å². The molecule has 0 aliphatic heterocycles. The summed E-state index contributed by atoms with van der Waals surface area (Å²) >= 11 is 6.13. The van der Waals surface area contributed by atoms with Crippen LogP contribution in [0, 0.1) is 5.92 Å². The molecule has 2 nitrogen and oxygen atoms in total. The third-order valence-corrected chi connectivity index (χ3v) is 4.35. The fraction of sp³-hybridized carbons (Fsp3) is 0.562. The summed E-state index contributed by atoms with van der Waals surface area (Å²) in [6.07, 6.45) is 7.02. The Hall–Kier alpha value is -1.02. The van der Waals surface area contributed by atoms with Crippen molar-refractivity contribution < 1.29 is 4.79 Å². The normalized spacial score (nSPS) is 16.3. The first-order chi connectivity index (χ1) is 9.16. The molecule has 1 aromatic carbocycles. The molecule has 2 rings (SSSR count). The molecule has 0 N–H and O–H groups in total. The van der Waals surface area contributed by atoms with Crippen molar-refractivity contribution in [2.45, 2.75) is 45.1 Å². The van der Waals surface area contributed by atoms with Crippen LogP contribution in [0.2, 0.25) is 5.02 Å². The Bertz CT molecular complexity index is 427. The van der Waals surface area contributed by atoms with E-state index in [4.69, 9.17) is 11.6 Å². The molecule has 0 aromatic heterocycles. The fourth-order valence-electron chi connectivity index (χ4n) is 2.76. The lowest BCUT2D eigenvalue weighted by Crippen LogP contribution is -2.28. The van der Waals surface area contributed by atoms with Crippen LogP contribution < -0.4 is 0 Å². The first-order valence-electron chi connectivity index (χ1n) is 7.14. The van der Waals surface area contributed by atoms with Gasteiger partial charge in [0.1, 0.15) is 0 Å². The predicted molar refractivity (Wildman–Crippen MR) is 79.1 cm³/mol. The SMILES string of the molecule is CN(Cc1ccccc1Cl)C(=O)CC1CCCCC1. The summed E-state index contributed by atoms with van der Waals surface area (Å²) in [5.74, 6) is 0.835. The second-order valence-electron chi connectivity index (χ2n) is 5.55. The number of rotatable bonds is 4. The Morgan fingerprint density at radius 3 is 2.63 bits per heavy atom. The molecular weight excluding hydrogens is 258 g/mol. The van der Waals surface area contributed by atoms with Crippen LogP contribution in [0.3, 0.4) is 0 Å². The highest BCUT2D eigenvalue weighted by molar-refractivity contribution is 6.31. The minimum Gasteiger partial charge on any atom is -0.341 e. The molecule has 1 saturated carbocycles. The zero-order valence-electron chi connectivity index (χ0n) is 11.6. The third kappa shape index (κ3) is 4.24. The molecule has 104 valence electrons. The largest absolute Gasteiger partial charge is 0.341 e. The lowest BCUT2D eigenvalue weighted by Gasteiger charge is -2.24. The third-order valence-electron chi connectivity index (χ3n) is 3.98. The maximum atomic E-state index is 12.2. The van der Waals surface area contributed by atoms with Crippen LogP contribution >= 0.6 is 11.6 Å². The van der Waals surface area contributed by atoms with Crippen LogP contribution in [0.4, 0.5) is 0 Å². The average molecular weight is 280 g/mol. The quantitative estimate of drug-likeness (QED) is 0.806. The van der Waals surface area contributed by atoms with Crippen LogP contribution in [0.1, 0.15) is 44.1 Å². The molecular formula is C16H22ClNO. The number of hydrogen-bond donors (Lipinski definition) is 0. The summed E-state index contributed by atoms with van der Waals surface area (Å²) in [5.41, 5.74) is 1.02. The van der Waals surface area contributed by atoms with Crippen LogP contribution in [0.15, 0.2) is 24.3 Å². The van der Waals surface area contributed by atoms with Crippen molar-refractivity contribution >= 4 is 17.5 Å². The summed E-state index contributed by atoms with van der Waals surface area (Å²) in [6.45, 7) is 0.602. The molecule has 0 saturated heterocycles. The van der Waals surface area contributed by atoms with Crippen molar-refractivity contribution in [3.63, 3.8) is 0 Å². The monoisotopic (exact) mass is 279 g/mol. The van der Waals surface area contributed by atoms with Gasteiger partial charge in [-0.3, -0.25) is 4.79 Å². The first kappa shape index (κ1) is 14.4. The van der Waals surface area contributed by atoms with Crippen molar-refractivity contribution in [2.75, 3.05) is 7.05 Å². The van der Waals surface area contributed by atoms with Gasteiger partial charge < -0.3 is 4.90 Å². The number of carbonyl (C=O) groups excluding carboxylic acids is 1.